The molecule has 0 saturated heterocycles. The molecule has 0 radical (unpaired) electrons. The van der Waals surface area contributed by atoms with Crippen molar-refractivity contribution in [1.82, 2.24) is 5.32 Å². The zero-order valence-electron chi connectivity index (χ0n) is 9.62. The van der Waals surface area contributed by atoms with Gasteiger partial charge in [0.15, 0.2) is 0 Å². The smallest absolute Gasteiger partial charge is 0.0346 e. The summed E-state index contributed by atoms with van der Waals surface area (Å²) in [5, 5.41) is 7.38. The van der Waals surface area contributed by atoms with Crippen LogP contribution in [-0.4, -0.2) is 6.04 Å². The monoisotopic (exact) mass is 231 g/mol. The molecular formula is C14H17NS. The zero-order chi connectivity index (χ0) is 11.0. The van der Waals surface area contributed by atoms with E-state index in [1.54, 1.807) is 0 Å². The second kappa shape index (κ2) is 4.19. The molecule has 1 nitrogen and oxygen atoms in total. The molecule has 3 rings (SSSR count). The number of fused-ring (bicyclic) bond motifs is 1. The minimum Gasteiger partial charge on any atom is -0.310 e. The summed E-state index contributed by atoms with van der Waals surface area (Å²) >= 11 is 1.86. The Labute approximate surface area is 100 Å². The molecule has 1 aliphatic carbocycles. The average molecular weight is 231 g/mol. The Morgan fingerprint density at radius 3 is 3.00 bits per heavy atom. The standard InChI is InChI=1S/C14H17NS/c1-10-5-6-14-13(7-10)11(9-16-14)8-15-12-3-2-4-12/h5-7,9,12,15H,2-4,8H2,1H3. The van der Waals surface area contributed by atoms with Gasteiger partial charge in [-0.15, -0.1) is 11.3 Å². The number of nitrogens with one attached hydrogen (secondary N) is 1. The normalized spacial score (nSPS) is 16.6. The van der Waals surface area contributed by atoms with Crippen LogP contribution in [0.15, 0.2) is 23.6 Å². The van der Waals surface area contributed by atoms with Crippen LogP contribution in [0.2, 0.25) is 0 Å². The summed E-state index contributed by atoms with van der Waals surface area (Å²) < 4.78 is 1.41. The van der Waals surface area contributed by atoms with Crippen molar-refractivity contribution >= 4 is 21.4 Å². The highest BCUT2D eigenvalue weighted by Gasteiger charge is 2.16. The second-order valence-electron chi connectivity index (χ2n) is 4.77. The molecular weight excluding hydrogens is 214 g/mol. The molecule has 1 saturated carbocycles. The highest BCUT2D eigenvalue weighted by molar-refractivity contribution is 7.17. The summed E-state index contributed by atoms with van der Waals surface area (Å²) in [5.74, 6) is 0. The van der Waals surface area contributed by atoms with Crippen LogP contribution in [0, 0.1) is 6.92 Å². The van der Waals surface area contributed by atoms with Crippen molar-refractivity contribution in [2.75, 3.05) is 0 Å². The van der Waals surface area contributed by atoms with Crippen LogP contribution < -0.4 is 5.32 Å². The first-order valence-corrected chi connectivity index (χ1v) is 6.91. The average Bonchev–Trinajstić information content (AvgIpc) is 2.59. The predicted octanol–water partition coefficient (Wildman–Crippen LogP) is 3.85. The van der Waals surface area contributed by atoms with Gasteiger partial charge in [-0.2, -0.15) is 0 Å². The summed E-state index contributed by atoms with van der Waals surface area (Å²) in [6.45, 7) is 3.20. The number of hydrogen-bond acceptors (Lipinski definition) is 2. The van der Waals surface area contributed by atoms with Crippen molar-refractivity contribution in [2.24, 2.45) is 0 Å². The van der Waals surface area contributed by atoms with Crippen LogP contribution in [0.4, 0.5) is 0 Å². The molecule has 1 aliphatic rings. The van der Waals surface area contributed by atoms with Gasteiger partial charge in [0, 0.05) is 17.3 Å². The van der Waals surface area contributed by atoms with Crippen molar-refractivity contribution in [1.29, 1.82) is 0 Å². The van der Waals surface area contributed by atoms with E-state index in [-0.39, 0.29) is 0 Å². The third-order valence-electron chi connectivity index (χ3n) is 3.50. The Kier molecular flexibility index (Phi) is 2.70. The topological polar surface area (TPSA) is 12.0 Å². The first-order chi connectivity index (χ1) is 7.83. The fourth-order valence-electron chi connectivity index (χ4n) is 2.20. The molecule has 0 atom stereocenters. The first-order valence-electron chi connectivity index (χ1n) is 6.03. The molecule has 0 unspecified atom stereocenters. The lowest BCUT2D eigenvalue weighted by atomic mass is 9.93. The molecule has 0 amide bonds. The Hall–Kier alpha value is -0.860. The van der Waals surface area contributed by atoms with Gasteiger partial charge < -0.3 is 5.32 Å². The third kappa shape index (κ3) is 1.87. The van der Waals surface area contributed by atoms with Gasteiger partial charge in [0.1, 0.15) is 0 Å². The van der Waals surface area contributed by atoms with Crippen LogP contribution >= 0.6 is 11.3 Å². The summed E-state index contributed by atoms with van der Waals surface area (Å²) in [4.78, 5) is 0. The van der Waals surface area contributed by atoms with Gasteiger partial charge in [-0.05, 0) is 42.2 Å². The lowest BCUT2D eigenvalue weighted by Crippen LogP contribution is -2.34. The summed E-state index contributed by atoms with van der Waals surface area (Å²) in [7, 11) is 0. The van der Waals surface area contributed by atoms with E-state index in [0.717, 1.165) is 12.6 Å². The predicted molar refractivity (Wildman–Crippen MR) is 71.0 cm³/mol. The fourth-order valence-corrected chi connectivity index (χ4v) is 3.14. The molecule has 1 fully saturated rings. The minimum absolute atomic E-state index is 0.778. The van der Waals surface area contributed by atoms with Crippen LogP contribution in [0.3, 0.4) is 0 Å². The molecule has 2 heteroatoms. The van der Waals surface area contributed by atoms with Crippen molar-refractivity contribution in [3.05, 3.63) is 34.7 Å². The second-order valence-corrected chi connectivity index (χ2v) is 5.68. The van der Waals surface area contributed by atoms with Gasteiger partial charge in [-0.1, -0.05) is 24.1 Å². The number of aryl methyl sites for hydroxylation is 1. The van der Waals surface area contributed by atoms with E-state index in [9.17, 15) is 0 Å². The van der Waals surface area contributed by atoms with Gasteiger partial charge >= 0.3 is 0 Å². The molecule has 2 aromatic rings. The van der Waals surface area contributed by atoms with Crippen molar-refractivity contribution in [3.8, 4) is 0 Å². The third-order valence-corrected chi connectivity index (χ3v) is 4.51. The number of rotatable bonds is 3. The van der Waals surface area contributed by atoms with E-state index in [2.05, 4.69) is 35.8 Å². The van der Waals surface area contributed by atoms with Crippen molar-refractivity contribution in [3.63, 3.8) is 0 Å². The minimum atomic E-state index is 0.778. The Morgan fingerprint density at radius 1 is 1.38 bits per heavy atom. The molecule has 84 valence electrons. The van der Waals surface area contributed by atoms with Crippen LogP contribution in [-0.2, 0) is 6.54 Å². The SMILES string of the molecule is Cc1ccc2scc(CNC3CCC3)c2c1. The highest BCUT2D eigenvalue weighted by atomic mass is 32.1. The molecule has 1 heterocycles. The Morgan fingerprint density at radius 2 is 2.25 bits per heavy atom. The molecule has 0 bridgehead atoms. The first kappa shape index (κ1) is 10.3. The Bertz CT molecular complexity index is 496. The maximum Gasteiger partial charge on any atom is 0.0346 e. The molecule has 1 N–H and O–H groups in total. The maximum absolute atomic E-state index is 3.64. The van der Waals surface area contributed by atoms with Crippen molar-refractivity contribution in [2.45, 2.75) is 38.8 Å². The maximum atomic E-state index is 3.64. The lowest BCUT2D eigenvalue weighted by Gasteiger charge is -2.26. The molecule has 1 aromatic heterocycles. The number of benzene rings is 1. The summed E-state index contributed by atoms with van der Waals surface area (Å²) in [6.07, 6.45) is 4.13. The zero-order valence-corrected chi connectivity index (χ0v) is 10.4. The van der Waals surface area contributed by atoms with Gasteiger partial charge in [-0.25, -0.2) is 0 Å². The lowest BCUT2D eigenvalue weighted by molar-refractivity contribution is 0.339. The van der Waals surface area contributed by atoms with Gasteiger partial charge in [-0.3, -0.25) is 0 Å². The number of thiophene rings is 1. The van der Waals surface area contributed by atoms with E-state index in [1.165, 1.54) is 40.5 Å². The van der Waals surface area contributed by atoms with Crippen molar-refractivity contribution < 1.29 is 0 Å². The molecule has 16 heavy (non-hydrogen) atoms. The molecule has 1 aromatic carbocycles. The van der Waals surface area contributed by atoms with Crippen LogP contribution in [0.25, 0.3) is 10.1 Å². The van der Waals surface area contributed by atoms with E-state index in [1.807, 2.05) is 11.3 Å². The van der Waals surface area contributed by atoms with Crippen LogP contribution in [0.5, 0.6) is 0 Å². The highest BCUT2D eigenvalue weighted by Crippen LogP contribution is 2.27. The van der Waals surface area contributed by atoms with Gasteiger partial charge in [0.2, 0.25) is 0 Å². The quantitative estimate of drug-likeness (QED) is 0.846. The van der Waals surface area contributed by atoms with Gasteiger partial charge in [0.25, 0.3) is 0 Å². The number of hydrogen-bond donors (Lipinski definition) is 1. The van der Waals surface area contributed by atoms with E-state index >= 15 is 0 Å². The van der Waals surface area contributed by atoms with E-state index < -0.39 is 0 Å². The largest absolute Gasteiger partial charge is 0.310 e. The molecule has 0 aliphatic heterocycles. The summed E-state index contributed by atoms with van der Waals surface area (Å²) in [6, 6.07) is 7.52. The van der Waals surface area contributed by atoms with E-state index in [0.29, 0.717) is 0 Å². The van der Waals surface area contributed by atoms with Gasteiger partial charge in [0.05, 0.1) is 0 Å². The Balaban J connectivity index is 1.82. The molecule has 0 spiro atoms. The van der Waals surface area contributed by atoms with E-state index in [4.69, 9.17) is 0 Å². The fraction of sp³-hybridized carbons (Fsp3) is 0.429. The van der Waals surface area contributed by atoms with Crippen LogP contribution in [0.1, 0.15) is 30.4 Å². The summed E-state index contributed by atoms with van der Waals surface area (Å²) in [5.41, 5.74) is 2.83.